The lowest BCUT2D eigenvalue weighted by molar-refractivity contribution is 0.414. The standard InChI is InChI=1S/C18H22ClN3O/c1-20-18(22-13-15-3-7-16(19)8-4-15)21-12-11-14-5-9-17(23-2)10-6-14/h3-10H,11-13H2,1-2H3,(H2,20,21,22). The van der Waals surface area contributed by atoms with Gasteiger partial charge in [0.05, 0.1) is 7.11 Å². The van der Waals surface area contributed by atoms with Gasteiger partial charge in [-0.3, -0.25) is 4.99 Å². The molecule has 0 spiro atoms. The van der Waals surface area contributed by atoms with Crippen LogP contribution in [0.3, 0.4) is 0 Å². The van der Waals surface area contributed by atoms with Gasteiger partial charge >= 0.3 is 0 Å². The van der Waals surface area contributed by atoms with Gasteiger partial charge in [-0.15, -0.1) is 0 Å². The average Bonchev–Trinajstić information content (AvgIpc) is 2.60. The van der Waals surface area contributed by atoms with Crippen LogP contribution in [0, 0.1) is 0 Å². The number of benzene rings is 2. The summed E-state index contributed by atoms with van der Waals surface area (Å²) in [6.07, 6.45) is 0.922. The summed E-state index contributed by atoms with van der Waals surface area (Å²) in [6.45, 7) is 1.52. The molecule has 0 heterocycles. The monoisotopic (exact) mass is 331 g/mol. The topological polar surface area (TPSA) is 45.7 Å². The Bertz CT molecular complexity index is 624. The van der Waals surface area contributed by atoms with Crippen molar-refractivity contribution >= 4 is 17.6 Å². The van der Waals surface area contributed by atoms with Crippen molar-refractivity contribution in [3.05, 3.63) is 64.7 Å². The van der Waals surface area contributed by atoms with Crippen molar-refractivity contribution in [2.45, 2.75) is 13.0 Å². The van der Waals surface area contributed by atoms with E-state index in [0.29, 0.717) is 6.54 Å². The quantitative estimate of drug-likeness (QED) is 0.631. The number of methoxy groups -OCH3 is 1. The minimum atomic E-state index is 0.708. The Kier molecular flexibility index (Phi) is 6.76. The first-order chi connectivity index (χ1) is 11.2. The van der Waals surface area contributed by atoms with Crippen LogP contribution in [-0.2, 0) is 13.0 Å². The maximum Gasteiger partial charge on any atom is 0.191 e. The Morgan fingerprint density at radius 1 is 1.00 bits per heavy atom. The predicted molar refractivity (Wildman–Crippen MR) is 96.4 cm³/mol. The van der Waals surface area contributed by atoms with Crippen molar-refractivity contribution in [2.24, 2.45) is 4.99 Å². The Hall–Kier alpha value is -2.20. The van der Waals surface area contributed by atoms with E-state index >= 15 is 0 Å². The molecule has 2 N–H and O–H groups in total. The zero-order valence-electron chi connectivity index (χ0n) is 13.5. The van der Waals surface area contributed by atoms with Crippen molar-refractivity contribution in [3.8, 4) is 5.75 Å². The van der Waals surface area contributed by atoms with Crippen LogP contribution in [0.2, 0.25) is 5.02 Å². The zero-order chi connectivity index (χ0) is 16.5. The molecule has 2 aromatic rings. The minimum absolute atomic E-state index is 0.708. The first kappa shape index (κ1) is 17.2. The van der Waals surface area contributed by atoms with Crippen LogP contribution in [0.4, 0.5) is 0 Å². The van der Waals surface area contributed by atoms with Crippen LogP contribution < -0.4 is 15.4 Å². The van der Waals surface area contributed by atoms with Crippen LogP contribution in [0.5, 0.6) is 5.75 Å². The molecule has 0 radical (unpaired) electrons. The van der Waals surface area contributed by atoms with Gasteiger partial charge < -0.3 is 15.4 Å². The molecule has 2 rings (SSSR count). The average molecular weight is 332 g/mol. The van der Waals surface area contributed by atoms with E-state index in [4.69, 9.17) is 16.3 Å². The van der Waals surface area contributed by atoms with Crippen LogP contribution in [0.1, 0.15) is 11.1 Å². The number of halogens is 1. The summed E-state index contributed by atoms with van der Waals surface area (Å²) in [7, 11) is 3.44. The molecule has 0 saturated heterocycles. The lowest BCUT2D eigenvalue weighted by atomic mass is 10.1. The second-order valence-corrected chi connectivity index (χ2v) is 5.51. The van der Waals surface area contributed by atoms with Crippen LogP contribution in [0.25, 0.3) is 0 Å². The molecule has 0 fully saturated rings. The highest BCUT2D eigenvalue weighted by Crippen LogP contribution is 2.11. The van der Waals surface area contributed by atoms with Gasteiger partial charge in [0.2, 0.25) is 0 Å². The molecule has 2 aromatic carbocycles. The van der Waals surface area contributed by atoms with E-state index in [9.17, 15) is 0 Å². The first-order valence-electron chi connectivity index (χ1n) is 7.53. The van der Waals surface area contributed by atoms with Gasteiger partial charge in [-0.1, -0.05) is 35.9 Å². The van der Waals surface area contributed by atoms with Crippen molar-refractivity contribution in [1.82, 2.24) is 10.6 Å². The molecule has 0 aliphatic rings. The van der Waals surface area contributed by atoms with E-state index in [0.717, 1.165) is 35.3 Å². The molecule has 0 aliphatic carbocycles. The molecule has 0 bridgehead atoms. The van der Waals surface area contributed by atoms with Crippen molar-refractivity contribution < 1.29 is 4.74 Å². The van der Waals surface area contributed by atoms with Crippen molar-refractivity contribution in [1.29, 1.82) is 0 Å². The second kappa shape index (κ2) is 9.06. The van der Waals surface area contributed by atoms with E-state index in [2.05, 4.69) is 27.8 Å². The molecule has 0 amide bonds. The SMILES string of the molecule is CN=C(NCCc1ccc(OC)cc1)NCc1ccc(Cl)cc1. The summed E-state index contributed by atoms with van der Waals surface area (Å²) in [6, 6.07) is 15.9. The molecular weight excluding hydrogens is 310 g/mol. The summed E-state index contributed by atoms with van der Waals surface area (Å²) in [5, 5.41) is 7.34. The normalized spacial score (nSPS) is 11.2. The summed E-state index contributed by atoms with van der Waals surface area (Å²) >= 11 is 5.88. The van der Waals surface area contributed by atoms with Crippen LogP contribution >= 0.6 is 11.6 Å². The molecule has 0 aromatic heterocycles. The molecule has 0 saturated carbocycles. The van der Waals surface area contributed by atoms with E-state index in [1.165, 1.54) is 5.56 Å². The molecule has 0 atom stereocenters. The number of guanidine groups is 1. The maximum absolute atomic E-state index is 5.88. The minimum Gasteiger partial charge on any atom is -0.497 e. The van der Waals surface area contributed by atoms with Gasteiger partial charge in [0.15, 0.2) is 5.96 Å². The predicted octanol–water partition coefficient (Wildman–Crippen LogP) is 3.26. The number of hydrogen-bond acceptors (Lipinski definition) is 2. The first-order valence-corrected chi connectivity index (χ1v) is 7.91. The molecule has 0 unspecified atom stereocenters. The Morgan fingerprint density at radius 2 is 1.65 bits per heavy atom. The number of ether oxygens (including phenoxy) is 1. The highest BCUT2D eigenvalue weighted by atomic mass is 35.5. The van der Waals surface area contributed by atoms with E-state index < -0.39 is 0 Å². The highest BCUT2D eigenvalue weighted by molar-refractivity contribution is 6.30. The van der Waals surface area contributed by atoms with Gasteiger partial charge in [0.1, 0.15) is 5.75 Å². The third-order valence-electron chi connectivity index (χ3n) is 3.46. The largest absolute Gasteiger partial charge is 0.497 e. The lowest BCUT2D eigenvalue weighted by Crippen LogP contribution is -2.37. The number of hydrogen-bond donors (Lipinski definition) is 2. The van der Waals surface area contributed by atoms with Crippen LogP contribution in [-0.4, -0.2) is 26.7 Å². The van der Waals surface area contributed by atoms with Gasteiger partial charge in [0.25, 0.3) is 0 Å². The molecule has 4 nitrogen and oxygen atoms in total. The third kappa shape index (κ3) is 5.83. The van der Waals surface area contributed by atoms with Gasteiger partial charge in [-0.2, -0.15) is 0 Å². The summed E-state index contributed by atoms with van der Waals surface area (Å²) in [5.41, 5.74) is 2.42. The Labute approximate surface area is 142 Å². The van der Waals surface area contributed by atoms with Gasteiger partial charge in [-0.05, 0) is 41.8 Å². The molecular formula is C18H22ClN3O. The number of nitrogens with one attached hydrogen (secondary N) is 2. The van der Waals surface area contributed by atoms with Crippen molar-refractivity contribution in [2.75, 3.05) is 20.7 Å². The Morgan fingerprint density at radius 3 is 2.26 bits per heavy atom. The fraction of sp³-hybridized carbons (Fsp3) is 0.278. The number of aliphatic imine (C=N–C) groups is 1. The second-order valence-electron chi connectivity index (χ2n) is 5.08. The van der Waals surface area contributed by atoms with E-state index in [1.54, 1.807) is 14.2 Å². The highest BCUT2D eigenvalue weighted by Gasteiger charge is 1.99. The fourth-order valence-electron chi connectivity index (χ4n) is 2.13. The van der Waals surface area contributed by atoms with E-state index in [1.807, 2.05) is 36.4 Å². The lowest BCUT2D eigenvalue weighted by Gasteiger charge is -2.12. The number of rotatable bonds is 6. The molecule has 23 heavy (non-hydrogen) atoms. The summed E-state index contributed by atoms with van der Waals surface area (Å²) in [4.78, 5) is 4.23. The van der Waals surface area contributed by atoms with Gasteiger partial charge in [-0.25, -0.2) is 0 Å². The molecule has 0 aliphatic heterocycles. The van der Waals surface area contributed by atoms with E-state index in [-0.39, 0.29) is 0 Å². The van der Waals surface area contributed by atoms with Gasteiger partial charge in [0, 0.05) is 25.2 Å². The Balaban J connectivity index is 1.75. The number of nitrogens with zero attached hydrogens (tertiary/aromatic N) is 1. The van der Waals surface area contributed by atoms with Crippen LogP contribution in [0.15, 0.2) is 53.5 Å². The molecule has 122 valence electrons. The summed E-state index contributed by atoms with van der Waals surface area (Å²) in [5.74, 6) is 1.66. The smallest absolute Gasteiger partial charge is 0.191 e. The van der Waals surface area contributed by atoms with Crippen molar-refractivity contribution in [3.63, 3.8) is 0 Å². The maximum atomic E-state index is 5.88. The zero-order valence-corrected chi connectivity index (χ0v) is 14.2. The third-order valence-corrected chi connectivity index (χ3v) is 3.71. The molecule has 5 heteroatoms. The summed E-state index contributed by atoms with van der Waals surface area (Å²) < 4.78 is 5.16. The fourth-order valence-corrected chi connectivity index (χ4v) is 2.25.